The van der Waals surface area contributed by atoms with Crippen LogP contribution in [0.25, 0.3) is 0 Å². The van der Waals surface area contributed by atoms with Crippen molar-refractivity contribution < 1.29 is 19.2 Å². The summed E-state index contributed by atoms with van der Waals surface area (Å²) < 4.78 is 10.6. The van der Waals surface area contributed by atoms with Gasteiger partial charge in [0.05, 0.1) is 19.1 Å². The number of rotatable bonds is 6. The minimum Gasteiger partial charge on any atom is -0.493 e. The first kappa shape index (κ1) is 18.4. The lowest BCUT2D eigenvalue weighted by molar-refractivity contribution is -0.384. The van der Waals surface area contributed by atoms with E-state index in [1.165, 1.54) is 12.1 Å². The Morgan fingerprint density at radius 1 is 1.04 bits per heavy atom. The number of ether oxygens (including phenoxy) is 2. The van der Waals surface area contributed by atoms with E-state index in [1.807, 2.05) is 18.2 Å². The van der Waals surface area contributed by atoms with E-state index in [1.54, 1.807) is 32.4 Å². The molecule has 3 rings (SSSR count). The lowest BCUT2D eigenvalue weighted by Crippen LogP contribution is -2.16. The van der Waals surface area contributed by atoms with E-state index in [4.69, 9.17) is 9.47 Å². The van der Waals surface area contributed by atoms with Gasteiger partial charge in [0.25, 0.3) is 5.69 Å². The lowest BCUT2D eigenvalue weighted by Gasteiger charge is -2.24. The van der Waals surface area contributed by atoms with E-state index < -0.39 is 4.92 Å². The number of hydrogen-bond donors (Lipinski definition) is 1. The largest absolute Gasteiger partial charge is 0.493 e. The molecule has 1 N–H and O–H groups in total. The maximum Gasteiger partial charge on any atom is 0.269 e. The summed E-state index contributed by atoms with van der Waals surface area (Å²) in [7, 11) is 3.16. The molecule has 2 aromatic rings. The molecule has 0 amide bonds. The highest BCUT2D eigenvalue weighted by atomic mass is 16.6. The second kappa shape index (κ2) is 7.90. The van der Waals surface area contributed by atoms with Gasteiger partial charge in [0.2, 0.25) is 0 Å². The standard InChI is InChI=1S/C20H20N2O5/c1-26-19-8-3-13(11-20(19)27-2)14-9-16(12-18(23)10-14)21-15-4-6-17(7-5-15)22(24)25/h3-8,11-12,14,21H,9-10H2,1-2H3/t14-/m0/s1. The normalized spacial score (nSPS) is 16.4. The van der Waals surface area contributed by atoms with E-state index in [0.717, 1.165) is 11.3 Å². The summed E-state index contributed by atoms with van der Waals surface area (Å²) in [5.41, 5.74) is 2.50. The maximum atomic E-state index is 12.2. The first-order valence-corrected chi connectivity index (χ1v) is 8.47. The van der Waals surface area contributed by atoms with Gasteiger partial charge in [0.15, 0.2) is 17.3 Å². The molecule has 7 nitrogen and oxygen atoms in total. The van der Waals surface area contributed by atoms with Gasteiger partial charge in [-0.3, -0.25) is 14.9 Å². The van der Waals surface area contributed by atoms with Crippen molar-refractivity contribution in [3.8, 4) is 11.5 Å². The number of nitro benzene ring substituents is 1. The fourth-order valence-electron chi connectivity index (χ4n) is 3.17. The van der Waals surface area contributed by atoms with E-state index in [9.17, 15) is 14.9 Å². The molecule has 0 aliphatic heterocycles. The highest BCUT2D eigenvalue weighted by molar-refractivity contribution is 5.92. The van der Waals surface area contributed by atoms with Crippen molar-refractivity contribution in [2.75, 3.05) is 19.5 Å². The molecule has 7 heteroatoms. The van der Waals surface area contributed by atoms with Crippen LogP contribution in [0, 0.1) is 10.1 Å². The average Bonchev–Trinajstić information content (AvgIpc) is 2.67. The summed E-state index contributed by atoms with van der Waals surface area (Å²) in [5, 5.41) is 13.9. The number of nitro groups is 1. The summed E-state index contributed by atoms with van der Waals surface area (Å²) in [6.07, 6.45) is 2.66. The minimum atomic E-state index is -0.444. The van der Waals surface area contributed by atoms with Gasteiger partial charge in [-0.25, -0.2) is 0 Å². The average molecular weight is 368 g/mol. The summed E-state index contributed by atoms with van der Waals surface area (Å²) in [6.45, 7) is 0. The summed E-state index contributed by atoms with van der Waals surface area (Å²) in [6, 6.07) is 11.8. The number of carbonyl (C=O) groups excluding carboxylic acids is 1. The number of allylic oxidation sites excluding steroid dienone is 2. The molecule has 2 aromatic carbocycles. The molecule has 27 heavy (non-hydrogen) atoms. The van der Waals surface area contributed by atoms with Gasteiger partial charge < -0.3 is 14.8 Å². The number of anilines is 1. The molecular formula is C20H20N2O5. The van der Waals surface area contributed by atoms with E-state index in [2.05, 4.69) is 5.32 Å². The Morgan fingerprint density at radius 3 is 2.37 bits per heavy atom. The Hall–Kier alpha value is -3.35. The Labute approximate surface area is 156 Å². The summed E-state index contributed by atoms with van der Waals surface area (Å²) >= 11 is 0. The zero-order valence-electron chi connectivity index (χ0n) is 15.1. The second-order valence-electron chi connectivity index (χ2n) is 6.28. The Bertz CT molecular complexity index is 890. The van der Waals surface area contributed by atoms with Gasteiger partial charge in [0.1, 0.15) is 0 Å². The third kappa shape index (κ3) is 4.25. The zero-order chi connectivity index (χ0) is 19.4. The van der Waals surface area contributed by atoms with Crippen molar-refractivity contribution in [2.24, 2.45) is 0 Å². The molecule has 140 valence electrons. The molecule has 0 fully saturated rings. The van der Waals surface area contributed by atoms with Crippen LogP contribution in [-0.2, 0) is 4.79 Å². The molecule has 0 heterocycles. The van der Waals surface area contributed by atoms with Crippen molar-refractivity contribution >= 4 is 17.2 Å². The van der Waals surface area contributed by atoms with Crippen LogP contribution in [0.4, 0.5) is 11.4 Å². The predicted molar refractivity (Wildman–Crippen MR) is 101 cm³/mol. The molecule has 0 saturated carbocycles. The van der Waals surface area contributed by atoms with Crippen molar-refractivity contribution in [3.63, 3.8) is 0 Å². The second-order valence-corrected chi connectivity index (χ2v) is 6.28. The van der Waals surface area contributed by atoms with E-state index >= 15 is 0 Å². The maximum absolute atomic E-state index is 12.2. The van der Waals surface area contributed by atoms with Crippen LogP contribution >= 0.6 is 0 Å². The molecule has 1 aliphatic rings. The summed E-state index contributed by atoms with van der Waals surface area (Å²) in [4.78, 5) is 22.5. The van der Waals surface area contributed by atoms with Crippen molar-refractivity contribution in [1.82, 2.24) is 0 Å². The highest BCUT2D eigenvalue weighted by Crippen LogP contribution is 2.36. The molecule has 0 unspecified atom stereocenters. The number of methoxy groups -OCH3 is 2. The van der Waals surface area contributed by atoms with Crippen LogP contribution < -0.4 is 14.8 Å². The first-order valence-electron chi connectivity index (χ1n) is 8.47. The number of ketones is 1. The van der Waals surface area contributed by atoms with Crippen LogP contribution in [0.2, 0.25) is 0 Å². The quantitative estimate of drug-likeness (QED) is 0.611. The number of carbonyl (C=O) groups is 1. The number of hydrogen-bond acceptors (Lipinski definition) is 6. The molecule has 0 spiro atoms. The number of benzene rings is 2. The Morgan fingerprint density at radius 2 is 1.74 bits per heavy atom. The SMILES string of the molecule is COc1ccc([C@@H]2CC(=O)C=C(Nc3ccc([N+](=O)[O-])cc3)C2)cc1OC. The summed E-state index contributed by atoms with van der Waals surface area (Å²) in [5.74, 6) is 1.32. The number of nitrogens with one attached hydrogen (secondary N) is 1. The minimum absolute atomic E-state index is 0.0165. The van der Waals surface area contributed by atoms with Gasteiger partial charge in [-0.2, -0.15) is 0 Å². The van der Waals surface area contributed by atoms with Gasteiger partial charge in [-0.1, -0.05) is 6.07 Å². The molecular weight excluding hydrogens is 348 g/mol. The third-order valence-corrected chi connectivity index (χ3v) is 4.51. The molecule has 0 radical (unpaired) electrons. The molecule has 1 aliphatic carbocycles. The third-order valence-electron chi connectivity index (χ3n) is 4.51. The lowest BCUT2D eigenvalue weighted by atomic mass is 9.85. The number of non-ortho nitro benzene ring substituents is 1. The van der Waals surface area contributed by atoms with Crippen LogP contribution in [0.3, 0.4) is 0 Å². The van der Waals surface area contributed by atoms with Crippen molar-refractivity contribution in [2.45, 2.75) is 18.8 Å². The topological polar surface area (TPSA) is 90.7 Å². The molecule has 0 aromatic heterocycles. The van der Waals surface area contributed by atoms with Crippen LogP contribution in [-0.4, -0.2) is 24.9 Å². The molecule has 0 saturated heterocycles. The van der Waals surface area contributed by atoms with Crippen LogP contribution in [0.1, 0.15) is 24.3 Å². The fourth-order valence-corrected chi connectivity index (χ4v) is 3.17. The highest BCUT2D eigenvalue weighted by Gasteiger charge is 2.23. The van der Waals surface area contributed by atoms with E-state index in [-0.39, 0.29) is 17.4 Å². The van der Waals surface area contributed by atoms with Crippen LogP contribution in [0.5, 0.6) is 11.5 Å². The monoisotopic (exact) mass is 368 g/mol. The number of nitrogens with zero attached hydrogens (tertiary/aromatic N) is 1. The zero-order valence-corrected chi connectivity index (χ0v) is 15.1. The van der Waals surface area contributed by atoms with Gasteiger partial charge in [0, 0.05) is 36.0 Å². The molecule has 1 atom stereocenters. The smallest absolute Gasteiger partial charge is 0.269 e. The predicted octanol–water partition coefficient (Wildman–Crippen LogP) is 4.05. The molecule has 0 bridgehead atoms. The Balaban J connectivity index is 1.77. The first-order chi connectivity index (χ1) is 13.0. The van der Waals surface area contributed by atoms with Crippen molar-refractivity contribution in [3.05, 3.63) is 69.9 Å². The van der Waals surface area contributed by atoms with Gasteiger partial charge in [-0.15, -0.1) is 0 Å². The fraction of sp³-hybridized carbons (Fsp3) is 0.250. The van der Waals surface area contributed by atoms with Crippen LogP contribution in [0.15, 0.2) is 54.2 Å². The Kier molecular flexibility index (Phi) is 5.40. The van der Waals surface area contributed by atoms with Gasteiger partial charge in [-0.05, 0) is 42.2 Å². The van der Waals surface area contributed by atoms with Crippen molar-refractivity contribution in [1.29, 1.82) is 0 Å². The van der Waals surface area contributed by atoms with Gasteiger partial charge >= 0.3 is 0 Å². The van der Waals surface area contributed by atoms with E-state index in [0.29, 0.717) is 30.0 Å².